The Hall–Kier alpha value is -3.22. The van der Waals surface area contributed by atoms with Gasteiger partial charge in [0.25, 0.3) is 0 Å². The molecule has 1 aliphatic carbocycles. The average molecular weight is 518 g/mol. The second kappa shape index (κ2) is 11.7. The van der Waals surface area contributed by atoms with Gasteiger partial charge in [-0.1, -0.05) is 48.8 Å². The highest BCUT2D eigenvalue weighted by molar-refractivity contribution is 6.22. The Morgan fingerprint density at radius 3 is 2.37 bits per heavy atom. The predicted octanol–water partition coefficient (Wildman–Crippen LogP) is 5.47. The number of hydrogen-bond acceptors (Lipinski definition) is 5. The van der Waals surface area contributed by atoms with E-state index in [2.05, 4.69) is 13.0 Å². The molecular formula is C32H39NO5. The largest absolute Gasteiger partial charge is 0.507 e. The van der Waals surface area contributed by atoms with Crippen LogP contribution in [0.1, 0.15) is 62.6 Å². The van der Waals surface area contributed by atoms with Gasteiger partial charge in [0.05, 0.1) is 30.2 Å². The normalized spacial score (nSPS) is 22.7. The van der Waals surface area contributed by atoms with Crippen LogP contribution in [0.25, 0.3) is 6.08 Å². The summed E-state index contributed by atoms with van der Waals surface area (Å²) in [6, 6.07) is 12.8. The fourth-order valence-electron chi connectivity index (χ4n) is 6.28. The summed E-state index contributed by atoms with van der Waals surface area (Å²) in [5.41, 5.74) is 6.03. The SMILES string of the molecule is CCCC1=C([C@H](O)CC/C(C)=C/c2cc(C)c(O)c(C)c2)[C@H](CO)[C@@H]2C(=O)N(c3ccccc3)C(=O)[C@@H]2C1. The van der Waals surface area contributed by atoms with Gasteiger partial charge in [0.1, 0.15) is 5.75 Å². The van der Waals surface area contributed by atoms with Crippen molar-refractivity contribution < 1.29 is 24.9 Å². The molecule has 1 fully saturated rings. The third kappa shape index (κ3) is 5.33. The number of phenolic OH excluding ortho intramolecular Hbond substituents is 1. The Balaban J connectivity index is 1.58. The lowest BCUT2D eigenvalue weighted by molar-refractivity contribution is -0.123. The van der Waals surface area contributed by atoms with Crippen LogP contribution in [-0.2, 0) is 9.59 Å². The lowest BCUT2D eigenvalue weighted by Crippen LogP contribution is -2.39. The Kier molecular flexibility index (Phi) is 8.54. The molecule has 0 aromatic heterocycles. The van der Waals surface area contributed by atoms with Gasteiger partial charge in [-0.05, 0) is 93.0 Å². The monoisotopic (exact) mass is 517 g/mol. The fraction of sp³-hybridized carbons (Fsp3) is 0.438. The third-order valence-corrected chi connectivity index (χ3v) is 8.04. The van der Waals surface area contributed by atoms with Crippen LogP contribution in [0.15, 0.2) is 59.2 Å². The molecule has 1 aliphatic heterocycles. The molecular weight excluding hydrogens is 478 g/mol. The summed E-state index contributed by atoms with van der Waals surface area (Å²) in [4.78, 5) is 28.2. The number of rotatable bonds is 9. The van der Waals surface area contributed by atoms with Crippen molar-refractivity contribution in [2.75, 3.05) is 11.5 Å². The van der Waals surface area contributed by atoms with Crippen LogP contribution >= 0.6 is 0 Å². The lowest BCUT2D eigenvalue weighted by Gasteiger charge is -2.36. The Morgan fingerprint density at radius 2 is 1.76 bits per heavy atom. The van der Waals surface area contributed by atoms with E-state index in [4.69, 9.17) is 0 Å². The number of carbonyl (C=O) groups is 2. The maximum Gasteiger partial charge on any atom is 0.238 e. The van der Waals surface area contributed by atoms with Crippen molar-refractivity contribution in [1.82, 2.24) is 0 Å². The van der Waals surface area contributed by atoms with Crippen LogP contribution in [0.4, 0.5) is 5.69 Å². The van der Waals surface area contributed by atoms with Crippen LogP contribution in [0, 0.1) is 31.6 Å². The summed E-state index contributed by atoms with van der Waals surface area (Å²) >= 11 is 0. The van der Waals surface area contributed by atoms with Gasteiger partial charge in [0.15, 0.2) is 0 Å². The molecule has 2 aliphatic rings. The smallest absolute Gasteiger partial charge is 0.238 e. The molecule has 1 saturated heterocycles. The van der Waals surface area contributed by atoms with E-state index in [1.165, 1.54) is 4.90 Å². The molecule has 2 aromatic rings. The minimum absolute atomic E-state index is 0.218. The number of amides is 2. The van der Waals surface area contributed by atoms with Crippen molar-refractivity contribution in [2.24, 2.45) is 17.8 Å². The topological polar surface area (TPSA) is 98.1 Å². The number of imide groups is 1. The average Bonchev–Trinajstić information content (AvgIpc) is 3.14. The number of carbonyl (C=O) groups excluding carboxylic acids is 2. The van der Waals surface area contributed by atoms with E-state index in [0.29, 0.717) is 30.7 Å². The quantitative estimate of drug-likeness (QED) is 0.303. The van der Waals surface area contributed by atoms with E-state index in [1.807, 2.05) is 39.0 Å². The second-order valence-corrected chi connectivity index (χ2v) is 10.8. The molecule has 0 saturated carbocycles. The Bertz CT molecular complexity index is 1240. The number of para-hydroxylation sites is 1. The standard InChI is InChI=1S/C32H39NO5/c1-5-9-23-17-25-29(32(38)33(31(25)37)24-10-7-6-8-11-24)26(18-34)28(23)27(35)13-12-19(2)14-22-15-20(3)30(36)21(4)16-22/h6-8,10-11,14-16,25-27,29,34-36H,5,9,12-13,17-18H2,1-4H3/b19-14+/t25-,26+,27-,29-/m1/s1. The molecule has 0 unspecified atom stereocenters. The van der Waals surface area contributed by atoms with Crippen molar-refractivity contribution in [1.29, 1.82) is 0 Å². The summed E-state index contributed by atoms with van der Waals surface area (Å²) in [5.74, 6) is -1.97. The van der Waals surface area contributed by atoms with E-state index >= 15 is 0 Å². The summed E-state index contributed by atoms with van der Waals surface area (Å²) in [5, 5.41) is 32.0. The number of benzene rings is 2. The number of allylic oxidation sites excluding steroid dienone is 2. The zero-order valence-corrected chi connectivity index (χ0v) is 22.8. The molecule has 0 bridgehead atoms. The number of phenols is 1. The first-order valence-corrected chi connectivity index (χ1v) is 13.6. The van der Waals surface area contributed by atoms with Crippen LogP contribution < -0.4 is 4.90 Å². The summed E-state index contributed by atoms with van der Waals surface area (Å²) in [7, 11) is 0. The van der Waals surface area contributed by atoms with Crippen molar-refractivity contribution in [3.63, 3.8) is 0 Å². The van der Waals surface area contributed by atoms with Gasteiger partial charge in [0, 0.05) is 5.92 Å². The molecule has 2 aromatic carbocycles. The number of aliphatic hydroxyl groups is 2. The minimum Gasteiger partial charge on any atom is -0.507 e. The maximum atomic E-state index is 13.6. The molecule has 2 amide bonds. The van der Waals surface area contributed by atoms with Gasteiger partial charge in [-0.3, -0.25) is 14.5 Å². The van der Waals surface area contributed by atoms with Crippen LogP contribution in [0.3, 0.4) is 0 Å². The minimum atomic E-state index is -0.810. The highest BCUT2D eigenvalue weighted by atomic mass is 16.3. The molecule has 1 heterocycles. The first kappa shape index (κ1) is 27.8. The van der Waals surface area contributed by atoms with Gasteiger partial charge in [-0.25, -0.2) is 0 Å². The fourth-order valence-corrected chi connectivity index (χ4v) is 6.28. The molecule has 202 valence electrons. The number of hydrogen-bond donors (Lipinski definition) is 3. The highest BCUT2D eigenvalue weighted by Gasteiger charge is 2.55. The number of anilines is 1. The number of aliphatic hydroxyl groups excluding tert-OH is 2. The van der Waals surface area contributed by atoms with Crippen molar-refractivity contribution in [2.45, 2.75) is 65.9 Å². The van der Waals surface area contributed by atoms with E-state index in [-0.39, 0.29) is 18.4 Å². The lowest BCUT2D eigenvalue weighted by atomic mass is 9.67. The van der Waals surface area contributed by atoms with Crippen molar-refractivity contribution >= 4 is 23.6 Å². The Morgan fingerprint density at radius 1 is 1.11 bits per heavy atom. The zero-order valence-electron chi connectivity index (χ0n) is 22.8. The first-order valence-electron chi connectivity index (χ1n) is 13.6. The van der Waals surface area contributed by atoms with Crippen molar-refractivity contribution in [3.8, 4) is 5.75 Å². The molecule has 0 spiro atoms. The zero-order chi connectivity index (χ0) is 27.6. The molecule has 6 heteroatoms. The summed E-state index contributed by atoms with van der Waals surface area (Å²) < 4.78 is 0. The van der Waals surface area contributed by atoms with Gasteiger partial charge < -0.3 is 15.3 Å². The van der Waals surface area contributed by atoms with Crippen molar-refractivity contribution in [3.05, 3.63) is 75.9 Å². The highest BCUT2D eigenvalue weighted by Crippen LogP contribution is 2.48. The Labute approximate surface area is 225 Å². The van der Waals surface area contributed by atoms with Crippen LogP contribution in [0.5, 0.6) is 5.75 Å². The second-order valence-electron chi connectivity index (χ2n) is 10.8. The van der Waals surface area contributed by atoms with Gasteiger partial charge in [-0.2, -0.15) is 0 Å². The third-order valence-electron chi connectivity index (χ3n) is 8.04. The van der Waals surface area contributed by atoms with Crippen LogP contribution in [-0.4, -0.2) is 39.8 Å². The molecule has 4 atom stereocenters. The molecule has 6 nitrogen and oxygen atoms in total. The first-order chi connectivity index (χ1) is 18.2. The molecule has 3 N–H and O–H groups in total. The van der Waals surface area contributed by atoms with E-state index in [9.17, 15) is 24.9 Å². The van der Waals surface area contributed by atoms with Gasteiger partial charge in [-0.15, -0.1) is 0 Å². The number of aromatic hydroxyl groups is 1. The maximum absolute atomic E-state index is 13.6. The van der Waals surface area contributed by atoms with E-state index < -0.39 is 23.9 Å². The van der Waals surface area contributed by atoms with Gasteiger partial charge in [0.2, 0.25) is 11.8 Å². The van der Waals surface area contributed by atoms with E-state index in [0.717, 1.165) is 46.3 Å². The van der Waals surface area contributed by atoms with Crippen LogP contribution in [0.2, 0.25) is 0 Å². The molecule has 0 radical (unpaired) electrons. The van der Waals surface area contributed by atoms with E-state index in [1.54, 1.807) is 24.3 Å². The van der Waals surface area contributed by atoms with Gasteiger partial charge >= 0.3 is 0 Å². The number of nitrogens with zero attached hydrogens (tertiary/aromatic N) is 1. The molecule has 4 rings (SSSR count). The number of fused-ring (bicyclic) bond motifs is 1. The predicted molar refractivity (Wildman–Crippen MR) is 150 cm³/mol. The number of aryl methyl sites for hydroxylation is 2. The molecule has 38 heavy (non-hydrogen) atoms. The summed E-state index contributed by atoms with van der Waals surface area (Å²) in [6.45, 7) is 7.54. The summed E-state index contributed by atoms with van der Waals surface area (Å²) in [6.07, 6.45) is 4.36.